The lowest BCUT2D eigenvalue weighted by Crippen LogP contribution is -2.58. The van der Waals surface area contributed by atoms with E-state index in [1.54, 1.807) is 32.9 Å². The summed E-state index contributed by atoms with van der Waals surface area (Å²) >= 11 is 0. The van der Waals surface area contributed by atoms with E-state index in [1.165, 1.54) is 15.9 Å². The van der Waals surface area contributed by atoms with Crippen molar-refractivity contribution in [2.45, 2.75) is 127 Å². The standard InChI is InChI=1S/C36H48FN5O8/c1-34(2,3)50-32(46)39-27-13-8-6-4-5-7-11-23-17-36(23,31(45)38-21-35(48)14-15-35)40-29(43)28-16-24(19-42(28)30(27)44)49-33(47)41-18-22-10-9-12-26(37)25(22)20-41/h7,9-12,23-24,27-28,48H,4-6,8,13-21H2,1-3H3,(H,38,45)(H,39,46)(H,40,43)/t23-,24-,27+,28+,36-/m1/s1. The zero-order chi connectivity index (χ0) is 35.8. The number of carbonyl (C=O) groups excluding carboxylic acids is 5. The smallest absolute Gasteiger partial charge is 0.410 e. The van der Waals surface area contributed by atoms with Crippen molar-refractivity contribution in [2.75, 3.05) is 13.1 Å². The van der Waals surface area contributed by atoms with Crippen molar-refractivity contribution in [1.29, 1.82) is 0 Å². The molecule has 13 nitrogen and oxygen atoms in total. The van der Waals surface area contributed by atoms with Crippen molar-refractivity contribution < 1.29 is 42.9 Å². The molecule has 1 saturated heterocycles. The minimum Gasteiger partial charge on any atom is -0.444 e. The van der Waals surface area contributed by atoms with E-state index in [1.807, 2.05) is 12.2 Å². The number of alkyl carbamates (subject to hydrolysis) is 1. The van der Waals surface area contributed by atoms with Gasteiger partial charge < -0.3 is 35.4 Å². The molecule has 0 aromatic heterocycles. The molecule has 3 aliphatic heterocycles. The fourth-order valence-corrected chi connectivity index (χ4v) is 7.07. The minimum absolute atomic E-state index is 0.0314. The molecule has 0 unspecified atom stereocenters. The molecule has 6 rings (SSSR count). The lowest BCUT2D eigenvalue weighted by molar-refractivity contribution is -0.141. The first-order valence-electron chi connectivity index (χ1n) is 17.7. The molecule has 5 aliphatic rings. The van der Waals surface area contributed by atoms with Crippen LogP contribution >= 0.6 is 0 Å². The molecule has 1 aromatic carbocycles. The zero-order valence-electron chi connectivity index (χ0n) is 29.0. The van der Waals surface area contributed by atoms with Gasteiger partial charge in [-0.1, -0.05) is 37.1 Å². The van der Waals surface area contributed by atoms with Crippen LogP contribution in [0.1, 0.15) is 89.7 Å². The molecule has 5 atom stereocenters. The van der Waals surface area contributed by atoms with Gasteiger partial charge in [0, 0.05) is 31.0 Å². The number of nitrogens with one attached hydrogen (secondary N) is 3. The fourth-order valence-electron chi connectivity index (χ4n) is 7.07. The second-order valence-electron chi connectivity index (χ2n) is 15.4. The van der Waals surface area contributed by atoms with Gasteiger partial charge in [0.2, 0.25) is 17.7 Å². The van der Waals surface area contributed by atoms with Gasteiger partial charge in [0.15, 0.2) is 0 Å². The average molecular weight is 698 g/mol. The number of fused-ring (bicyclic) bond motifs is 3. The summed E-state index contributed by atoms with van der Waals surface area (Å²) in [4.78, 5) is 70.9. The van der Waals surface area contributed by atoms with Crippen LogP contribution in [0.4, 0.5) is 14.0 Å². The Morgan fingerprint density at radius 2 is 1.90 bits per heavy atom. The molecule has 2 aliphatic carbocycles. The molecule has 272 valence electrons. The normalized spacial score (nSPS) is 29.0. The summed E-state index contributed by atoms with van der Waals surface area (Å²) in [5.41, 5.74) is -1.91. The molecule has 14 heteroatoms. The lowest BCUT2D eigenvalue weighted by Gasteiger charge is -2.30. The molecule has 5 amide bonds. The molecular formula is C36H48FN5O8. The monoisotopic (exact) mass is 697 g/mol. The highest BCUT2D eigenvalue weighted by atomic mass is 19.1. The summed E-state index contributed by atoms with van der Waals surface area (Å²) in [5.74, 6) is -2.21. The van der Waals surface area contributed by atoms with Crippen LogP contribution in [0, 0.1) is 11.7 Å². The Labute approximate surface area is 291 Å². The Morgan fingerprint density at radius 1 is 1.12 bits per heavy atom. The summed E-state index contributed by atoms with van der Waals surface area (Å²) < 4.78 is 25.7. The van der Waals surface area contributed by atoms with Gasteiger partial charge in [0.25, 0.3) is 0 Å². The maximum Gasteiger partial charge on any atom is 0.410 e. The first-order valence-corrected chi connectivity index (χ1v) is 17.7. The van der Waals surface area contributed by atoms with Gasteiger partial charge in [-0.2, -0.15) is 0 Å². The van der Waals surface area contributed by atoms with Crippen molar-refractivity contribution in [3.63, 3.8) is 0 Å². The van der Waals surface area contributed by atoms with Crippen LogP contribution in [0.25, 0.3) is 0 Å². The van der Waals surface area contributed by atoms with Gasteiger partial charge in [-0.25, -0.2) is 14.0 Å². The molecule has 3 heterocycles. The highest BCUT2D eigenvalue weighted by molar-refractivity contribution is 5.98. The second kappa shape index (κ2) is 13.8. The van der Waals surface area contributed by atoms with Crippen molar-refractivity contribution in [3.05, 3.63) is 47.3 Å². The number of nitrogens with zero attached hydrogens (tertiary/aromatic N) is 2. The van der Waals surface area contributed by atoms with E-state index in [4.69, 9.17) is 9.47 Å². The highest BCUT2D eigenvalue weighted by Crippen LogP contribution is 2.46. The second-order valence-corrected chi connectivity index (χ2v) is 15.4. The molecule has 50 heavy (non-hydrogen) atoms. The van der Waals surface area contributed by atoms with Crippen LogP contribution in [0.15, 0.2) is 30.4 Å². The SMILES string of the molecule is CC(C)(C)OC(=O)N[C@H]1CCCCCC=C[C@@H]2C[C@@]2(C(=O)NCC2(O)CC2)NC(=O)[C@@H]2C[C@@H](OC(=O)N3Cc4cccc(F)c4C3)CN2C1=O. The molecule has 1 aromatic rings. The van der Waals surface area contributed by atoms with E-state index in [9.17, 15) is 33.5 Å². The van der Waals surface area contributed by atoms with Gasteiger partial charge in [-0.05, 0) is 70.9 Å². The quantitative estimate of drug-likeness (QED) is 0.341. The van der Waals surface area contributed by atoms with E-state index >= 15 is 0 Å². The number of amides is 5. The van der Waals surface area contributed by atoms with E-state index < -0.39 is 70.7 Å². The summed E-state index contributed by atoms with van der Waals surface area (Å²) in [6, 6.07) is 2.53. The summed E-state index contributed by atoms with van der Waals surface area (Å²) in [5, 5.41) is 18.8. The molecule has 0 bridgehead atoms. The van der Waals surface area contributed by atoms with Crippen LogP contribution in [0.5, 0.6) is 0 Å². The minimum atomic E-state index is -1.26. The Hall–Kier alpha value is -4.20. The van der Waals surface area contributed by atoms with Crippen LogP contribution in [-0.2, 0) is 36.9 Å². The Morgan fingerprint density at radius 3 is 2.62 bits per heavy atom. The third-order valence-corrected chi connectivity index (χ3v) is 10.2. The van der Waals surface area contributed by atoms with Crippen molar-refractivity contribution in [3.8, 4) is 0 Å². The molecular weight excluding hydrogens is 649 g/mol. The number of carbonyl (C=O) groups is 5. The van der Waals surface area contributed by atoms with E-state index in [0.717, 1.165) is 19.3 Å². The van der Waals surface area contributed by atoms with E-state index in [-0.39, 0.29) is 38.5 Å². The Bertz CT molecular complexity index is 1560. The number of allylic oxidation sites excluding steroid dienone is 1. The number of hydrogen-bond donors (Lipinski definition) is 4. The van der Waals surface area contributed by atoms with E-state index in [0.29, 0.717) is 43.2 Å². The fraction of sp³-hybridized carbons (Fsp3) is 0.639. The first kappa shape index (κ1) is 35.6. The number of ether oxygens (including phenoxy) is 2. The summed E-state index contributed by atoms with van der Waals surface area (Å²) in [7, 11) is 0. The van der Waals surface area contributed by atoms with Crippen molar-refractivity contribution in [1.82, 2.24) is 25.8 Å². The molecule has 0 radical (unpaired) electrons. The van der Waals surface area contributed by atoms with Crippen molar-refractivity contribution >= 4 is 29.9 Å². The molecule has 0 spiro atoms. The first-order chi connectivity index (χ1) is 23.7. The van der Waals surface area contributed by atoms with Crippen LogP contribution < -0.4 is 16.0 Å². The Balaban J connectivity index is 1.23. The number of halogens is 1. The van der Waals surface area contributed by atoms with E-state index in [2.05, 4.69) is 16.0 Å². The third-order valence-electron chi connectivity index (χ3n) is 10.2. The number of hydrogen-bond acceptors (Lipinski definition) is 8. The maximum atomic E-state index is 14.4. The number of rotatable bonds is 5. The van der Waals surface area contributed by atoms with Gasteiger partial charge in [-0.3, -0.25) is 19.3 Å². The summed E-state index contributed by atoms with van der Waals surface area (Å²) in [6.07, 6.45) is 6.33. The van der Waals surface area contributed by atoms with Crippen molar-refractivity contribution in [2.24, 2.45) is 5.92 Å². The van der Waals surface area contributed by atoms with Crippen LogP contribution in [0.3, 0.4) is 0 Å². The molecule has 4 N–H and O–H groups in total. The van der Waals surface area contributed by atoms with Crippen LogP contribution in [-0.4, -0.2) is 92.8 Å². The average Bonchev–Trinajstić information content (AvgIpc) is 3.81. The lowest BCUT2D eigenvalue weighted by atomic mass is 10.0. The maximum absolute atomic E-state index is 14.4. The predicted octanol–water partition coefficient (Wildman–Crippen LogP) is 3.18. The molecule has 2 saturated carbocycles. The van der Waals surface area contributed by atoms with Gasteiger partial charge in [-0.15, -0.1) is 0 Å². The number of aliphatic hydroxyl groups is 1. The highest BCUT2D eigenvalue weighted by Gasteiger charge is 2.61. The van der Waals surface area contributed by atoms with Gasteiger partial charge >= 0.3 is 12.2 Å². The van der Waals surface area contributed by atoms with Gasteiger partial charge in [0.1, 0.15) is 35.1 Å². The Kier molecular flexibility index (Phi) is 9.86. The summed E-state index contributed by atoms with van der Waals surface area (Å²) in [6.45, 7) is 5.29. The zero-order valence-corrected chi connectivity index (χ0v) is 29.0. The third kappa shape index (κ3) is 8.06. The van der Waals surface area contributed by atoms with Crippen LogP contribution in [0.2, 0.25) is 0 Å². The molecule has 3 fully saturated rings. The number of benzene rings is 1. The van der Waals surface area contributed by atoms with Gasteiger partial charge in [0.05, 0.1) is 18.7 Å². The predicted molar refractivity (Wildman–Crippen MR) is 178 cm³/mol. The topological polar surface area (TPSA) is 167 Å². The largest absolute Gasteiger partial charge is 0.444 e.